The van der Waals surface area contributed by atoms with Crippen molar-refractivity contribution in [3.63, 3.8) is 0 Å². The van der Waals surface area contributed by atoms with Crippen molar-refractivity contribution in [2.24, 2.45) is 17.8 Å². The van der Waals surface area contributed by atoms with Crippen LogP contribution in [0.4, 0.5) is 0 Å². The normalized spacial score (nSPS) is 48.1. The third-order valence-corrected chi connectivity index (χ3v) is 3.10. The van der Waals surface area contributed by atoms with Crippen LogP contribution in [0.5, 0.6) is 0 Å². The molecule has 3 heteroatoms. The Bertz CT molecular complexity index is 190. The van der Waals surface area contributed by atoms with E-state index in [1.165, 1.54) is 0 Å². The van der Waals surface area contributed by atoms with Crippen molar-refractivity contribution in [2.75, 3.05) is 0 Å². The highest BCUT2D eigenvalue weighted by atomic mass is 16.4. The highest BCUT2D eigenvalue weighted by molar-refractivity contribution is 5.71. The van der Waals surface area contributed by atoms with Crippen molar-refractivity contribution in [3.8, 4) is 0 Å². The molecule has 4 atom stereocenters. The van der Waals surface area contributed by atoms with Crippen LogP contribution < -0.4 is 0 Å². The first-order valence-electron chi connectivity index (χ1n) is 4.09. The number of aliphatic hydroxyl groups excluding tert-OH is 1. The third-order valence-electron chi connectivity index (χ3n) is 3.10. The van der Waals surface area contributed by atoms with Gasteiger partial charge in [-0.15, -0.1) is 0 Å². The monoisotopic (exact) mass is 156 g/mol. The van der Waals surface area contributed by atoms with Crippen LogP contribution in [-0.4, -0.2) is 22.3 Å². The molecule has 2 saturated carbocycles. The standard InChI is InChI=1S/C8H12O3/c9-7-3-4-1-5(7)6(2-4)8(10)11/h4-7,9H,1-3H2,(H,10,11)/t4-,5-,6+,7-/m0/s1. The maximum absolute atomic E-state index is 10.6. The van der Waals surface area contributed by atoms with Crippen molar-refractivity contribution in [1.29, 1.82) is 0 Å². The van der Waals surface area contributed by atoms with Gasteiger partial charge in [-0.2, -0.15) is 0 Å². The van der Waals surface area contributed by atoms with Crippen molar-refractivity contribution in [2.45, 2.75) is 25.4 Å². The van der Waals surface area contributed by atoms with Crippen LogP contribution in [0.2, 0.25) is 0 Å². The second kappa shape index (κ2) is 2.21. The Balaban J connectivity index is 2.12. The van der Waals surface area contributed by atoms with Crippen LogP contribution in [-0.2, 0) is 4.79 Å². The molecule has 0 aromatic heterocycles. The molecule has 2 aliphatic carbocycles. The van der Waals surface area contributed by atoms with Gasteiger partial charge in [0, 0.05) is 0 Å². The van der Waals surface area contributed by atoms with E-state index in [1.807, 2.05) is 0 Å². The lowest BCUT2D eigenvalue weighted by Crippen LogP contribution is -2.29. The van der Waals surface area contributed by atoms with E-state index in [-0.39, 0.29) is 17.9 Å². The van der Waals surface area contributed by atoms with Gasteiger partial charge in [0.05, 0.1) is 12.0 Å². The summed E-state index contributed by atoms with van der Waals surface area (Å²) in [6.07, 6.45) is 2.21. The van der Waals surface area contributed by atoms with Crippen LogP contribution >= 0.6 is 0 Å². The van der Waals surface area contributed by atoms with Gasteiger partial charge in [0.1, 0.15) is 0 Å². The number of aliphatic hydroxyl groups is 1. The summed E-state index contributed by atoms with van der Waals surface area (Å²) in [4.78, 5) is 10.6. The molecule has 2 fully saturated rings. The molecule has 2 bridgehead atoms. The molecule has 2 N–H and O–H groups in total. The van der Waals surface area contributed by atoms with E-state index in [1.54, 1.807) is 0 Å². The van der Waals surface area contributed by atoms with Gasteiger partial charge < -0.3 is 10.2 Å². The largest absolute Gasteiger partial charge is 0.481 e. The summed E-state index contributed by atoms with van der Waals surface area (Å²) in [6, 6.07) is 0. The van der Waals surface area contributed by atoms with Gasteiger partial charge in [-0.3, -0.25) is 4.79 Å². The molecule has 0 spiro atoms. The molecular formula is C8H12O3. The van der Waals surface area contributed by atoms with Crippen LogP contribution in [0.25, 0.3) is 0 Å². The molecule has 0 unspecified atom stereocenters. The summed E-state index contributed by atoms with van der Waals surface area (Å²) in [6.45, 7) is 0. The predicted octanol–water partition coefficient (Wildman–Crippen LogP) is 0.478. The van der Waals surface area contributed by atoms with Gasteiger partial charge in [0.15, 0.2) is 0 Å². The minimum absolute atomic E-state index is 0.0532. The molecule has 0 aromatic carbocycles. The molecule has 0 radical (unpaired) electrons. The van der Waals surface area contributed by atoms with Crippen molar-refractivity contribution in [3.05, 3.63) is 0 Å². The molecule has 11 heavy (non-hydrogen) atoms. The number of carboxylic acids is 1. The van der Waals surface area contributed by atoms with Crippen LogP contribution in [0, 0.1) is 17.8 Å². The van der Waals surface area contributed by atoms with E-state index < -0.39 is 5.97 Å². The zero-order valence-corrected chi connectivity index (χ0v) is 6.23. The summed E-state index contributed by atoms with van der Waals surface area (Å²) in [5.41, 5.74) is 0. The Labute approximate surface area is 65.0 Å². The molecule has 3 nitrogen and oxygen atoms in total. The maximum atomic E-state index is 10.6. The fourth-order valence-electron chi connectivity index (χ4n) is 2.60. The minimum atomic E-state index is -0.726. The summed E-state index contributed by atoms with van der Waals surface area (Å²) in [5, 5.41) is 18.1. The average molecular weight is 156 g/mol. The number of fused-ring (bicyclic) bond motifs is 2. The number of carbonyl (C=O) groups is 1. The average Bonchev–Trinajstić information content (AvgIpc) is 2.43. The highest BCUT2D eigenvalue weighted by Crippen LogP contribution is 2.48. The lowest BCUT2D eigenvalue weighted by molar-refractivity contribution is -0.145. The summed E-state index contributed by atoms with van der Waals surface area (Å²) in [7, 11) is 0. The van der Waals surface area contributed by atoms with Crippen LogP contribution in [0.3, 0.4) is 0 Å². The van der Waals surface area contributed by atoms with Gasteiger partial charge >= 0.3 is 5.97 Å². The number of aliphatic carboxylic acids is 1. The molecule has 62 valence electrons. The van der Waals surface area contributed by atoms with Gasteiger partial charge in [0.25, 0.3) is 0 Å². The van der Waals surface area contributed by atoms with E-state index in [0.29, 0.717) is 5.92 Å². The Morgan fingerprint density at radius 1 is 1.27 bits per heavy atom. The van der Waals surface area contributed by atoms with Crippen molar-refractivity contribution >= 4 is 5.97 Å². The number of hydrogen-bond acceptors (Lipinski definition) is 2. The van der Waals surface area contributed by atoms with Gasteiger partial charge in [-0.25, -0.2) is 0 Å². The summed E-state index contributed by atoms with van der Waals surface area (Å²) >= 11 is 0. The zero-order valence-electron chi connectivity index (χ0n) is 6.23. The van der Waals surface area contributed by atoms with E-state index in [9.17, 15) is 9.90 Å². The zero-order chi connectivity index (χ0) is 8.01. The lowest BCUT2D eigenvalue weighted by atomic mass is 9.87. The summed E-state index contributed by atoms with van der Waals surface area (Å²) in [5.74, 6) is -0.450. The second-order valence-corrected chi connectivity index (χ2v) is 3.75. The number of rotatable bonds is 1. The van der Waals surface area contributed by atoms with Crippen molar-refractivity contribution < 1.29 is 15.0 Å². The first kappa shape index (κ1) is 7.10. The maximum Gasteiger partial charge on any atom is 0.306 e. The molecule has 0 heterocycles. The Morgan fingerprint density at radius 3 is 2.36 bits per heavy atom. The van der Waals surface area contributed by atoms with E-state index in [4.69, 9.17) is 5.11 Å². The highest BCUT2D eigenvalue weighted by Gasteiger charge is 2.48. The van der Waals surface area contributed by atoms with Gasteiger partial charge in [-0.05, 0) is 31.1 Å². The first-order chi connectivity index (χ1) is 5.18. The second-order valence-electron chi connectivity index (χ2n) is 3.75. The Hall–Kier alpha value is -0.570. The number of carboxylic acid groups (broad SMARTS) is 1. The molecule has 0 amide bonds. The topological polar surface area (TPSA) is 57.5 Å². The van der Waals surface area contributed by atoms with E-state index >= 15 is 0 Å². The van der Waals surface area contributed by atoms with Gasteiger partial charge in [0.2, 0.25) is 0 Å². The van der Waals surface area contributed by atoms with E-state index in [2.05, 4.69) is 0 Å². The molecular weight excluding hydrogens is 144 g/mol. The molecule has 2 rings (SSSR count). The fourth-order valence-corrected chi connectivity index (χ4v) is 2.60. The summed E-state index contributed by atoms with van der Waals surface area (Å²) < 4.78 is 0. The smallest absolute Gasteiger partial charge is 0.306 e. The quantitative estimate of drug-likeness (QED) is 0.580. The van der Waals surface area contributed by atoms with Crippen LogP contribution in [0.1, 0.15) is 19.3 Å². The SMILES string of the molecule is O=C(O)[C@@H]1C[C@@H]2C[C@@H]1[C@@H](O)C2. The first-order valence-corrected chi connectivity index (χ1v) is 4.09. The molecule has 0 aliphatic heterocycles. The molecule has 0 saturated heterocycles. The number of hydrogen-bond donors (Lipinski definition) is 2. The van der Waals surface area contributed by atoms with E-state index in [0.717, 1.165) is 19.3 Å². The van der Waals surface area contributed by atoms with Gasteiger partial charge in [-0.1, -0.05) is 0 Å². The minimum Gasteiger partial charge on any atom is -0.481 e. The third kappa shape index (κ3) is 0.948. The molecule has 0 aromatic rings. The van der Waals surface area contributed by atoms with Crippen LogP contribution in [0.15, 0.2) is 0 Å². The lowest BCUT2D eigenvalue weighted by Gasteiger charge is -2.22. The van der Waals surface area contributed by atoms with Crippen molar-refractivity contribution in [1.82, 2.24) is 0 Å². The predicted molar refractivity (Wildman–Crippen MR) is 38.0 cm³/mol. The fraction of sp³-hybridized carbons (Fsp3) is 0.875. The Kier molecular flexibility index (Phi) is 1.42. The molecule has 2 aliphatic rings. The Morgan fingerprint density at radius 2 is 2.00 bits per heavy atom.